The molecule has 0 spiro atoms. The Hall–Kier alpha value is -1.70. The lowest BCUT2D eigenvalue weighted by Crippen LogP contribution is -1.97. The van der Waals surface area contributed by atoms with Crippen LogP contribution in [0.3, 0.4) is 0 Å². The predicted octanol–water partition coefficient (Wildman–Crippen LogP) is 7.27. The second kappa shape index (κ2) is 11.9. The summed E-state index contributed by atoms with van der Waals surface area (Å²) in [4.78, 5) is 0. The molecule has 0 aliphatic carbocycles. The highest BCUT2D eigenvalue weighted by Crippen LogP contribution is 2.19. The van der Waals surface area contributed by atoms with E-state index in [0.717, 1.165) is 35.2 Å². The van der Waals surface area contributed by atoms with Crippen LogP contribution >= 0.6 is 0 Å². The van der Waals surface area contributed by atoms with Gasteiger partial charge in [0.05, 0.1) is 11.4 Å². The lowest BCUT2D eigenvalue weighted by atomic mass is 9.98. The average molecular weight is 367 g/mol. The summed E-state index contributed by atoms with van der Waals surface area (Å²) in [6.07, 6.45) is 11.2. The fourth-order valence-corrected chi connectivity index (χ4v) is 3.35. The third-order valence-electron chi connectivity index (χ3n) is 5.91. The summed E-state index contributed by atoms with van der Waals surface area (Å²) in [5.74, 6) is 1.68. The molecule has 0 fully saturated rings. The molecule has 1 heterocycles. The molecule has 0 saturated carbocycles. The zero-order valence-electron chi connectivity index (χ0n) is 17.9. The summed E-state index contributed by atoms with van der Waals surface area (Å²) >= 11 is 0. The second-order valence-corrected chi connectivity index (χ2v) is 8.27. The maximum absolute atomic E-state index is 4.46. The maximum Gasteiger partial charge on any atom is 0.0929 e. The molecule has 2 aromatic rings. The van der Waals surface area contributed by atoms with Gasteiger partial charge >= 0.3 is 0 Å². The normalized spacial score (nSPS) is 13.5. The smallest absolute Gasteiger partial charge is 0.0929 e. The number of aryl methyl sites for hydroxylation is 2. The fourth-order valence-electron chi connectivity index (χ4n) is 3.35. The van der Waals surface area contributed by atoms with Gasteiger partial charge < -0.3 is 0 Å². The topological polar surface area (TPSA) is 25.8 Å². The number of benzene rings is 1. The van der Waals surface area contributed by atoms with Crippen molar-refractivity contribution in [1.29, 1.82) is 0 Å². The number of aromatic nitrogens is 2. The molecule has 27 heavy (non-hydrogen) atoms. The quantitative estimate of drug-likeness (QED) is 0.369. The number of hydrogen-bond donors (Lipinski definition) is 0. The summed E-state index contributed by atoms with van der Waals surface area (Å²) < 4.78 is 0. The van der Waals surface area contributed by atoms with Crippen LogP contribution in [0.1, 0.15) is 83.9 Å². The van der Waals surface area contributed by atoms with E-state index in [9.17, 15) is 0 Å². The molecule has 2 heteroatoms. The summed E-state index contributed by atoms with van der Waals surface area (Å²) in [5, 5.41) is 8.90. The Morgan fingerprint density at radius 2 is 1.37 bits per heavy atom. The van der Waals surface area contributed by atoms with Crippen molar-refractivity contribution < 1.29 is 0 Å². The lowest BCUT2D eigenvalue weighted by molar-refractivity contribution is 0.483. The van der Waals surface area contributed by atoms with Crippen LogP contribution < -0.4 is 0 Å². The first-order valence-corrected chi connectivity index (χ1v) is 11.0. The molecule has 0 N–H and O–H groups in total. The van der Waals surface area contributed by atoms with Gasteiger partial charge in [-0.15, -0.1) is 0 Å². The molecular weight excluding hydrogens is 328 g/mol. The standard InChI is InChI=1S/C25H38N2/c1-5-20(3)10-7-8-13-24-18-19-25(27-26-24)23-16-14-22(15-17-23)12-9-11-21(4)6-2/h14-21H,5-13H2,1-4H3/t20-,21-/m0/s1. The average Bonchev–Trinajstić information content (AvgIpc) is 2.71. The maximum atomic E-state index is 4.46. The molecule has 0 unspecified atom stereocenters. The second-order valence-electron chi connectivity index (χ2n) is 8.27. The summed E-state index contributed by atoms with van der Waals surface area (Å²) in [6, 6.07) is 13.1. The van der Waals surface area contributed by atoms with Crippen LogP contribution in [0.5, 0.6) is 0 Å². The first-order valence-electron chi connectivity index (χ1n) is 11.0. The van der Waals surface area contributed by atoms with Crippen molar-refractivity contribution in [3.8, 4) is 11.3 Å². The highest BCUT2D eigenvalue weighted by Gasteiger charge is 2.04. The lowest BCUT2D eigenvalue weighted by Gasteiger charge is -2.08. The molecule has 2 atom stereocenters. The van der Waals surface area contributed by atoms with Gasteiger partial charge in [0.25, 0.3) is 0 Å². The van der Waals surface area contributed by atoms with Gasteiger partial charge in [-0.1, -0.05) is 84.1 Å². The number of rotatable bonds is 12. The van der Waals surface area contributed by atoms with Crippen molar-refractivity contribution in [3.63, 3.8) is 0 Å². The SMILES string of the molecule is CC[C@H](C)CCCCc1ccc(-c2ccc(CCC[C@@H](C)CC)cc2)nn1. The van der Waals surface area contributed by atoms with Crippen LogP contribution in [0.15, 0.2) is 36.4 Å². The molecule has 1 aromatic carbocycles. The van der Waals surface area contributed by atoms with Crippen molar-refractivity contribution in [1.82, 2.24) is 10.2 Å². The van der Waals surface area contributed by atoms with Gasteiger partial charge in [-0.3, -0.25) is 0 Å². The van der Waals surface area contributed by atoms with Crippen molar-refractivity contribution in [2.24, 2.45) is 11.8 Å². The zero-order chi connectivity index (χ0) is 19.5. The van der Waals surface area contributed by atoms with Gasteiger partial charge in [-0.2, -0.15) is 10.2 Å². The Morgan fingerprint density at radius 3 is 1.96 bits per heavy atom. The number of hydrogen-bond acceptors (Lipinski definition) is 2. The van der Waals surface area contributed by atoms with Crippen molar-refractivity contribution in [2.45, 2.75) is 85.5 Å². The van der Waals surface area contributed by atoms with E-state index in [0.29, 0.717) is 0 Å². The van der Waals surface area contributed by atoms with Gasteiger partial charge in [0.15, 0.2) is 0 Å². The number of nitrogens with zero attached hydrogens (tertiary/aromatic N) is 2. The molecule has 0 radical (unpaired) electrons. The minimum Gasteiger partial charge on any atom is -0.155 e. The third-order valence-corrected chi connectivity index (χ3v) is 5.91. The minimum absolute atomic E-state index is 0.841. The summed E-state index contributed by atoms with van der Waals surface area (Å²) in [7, 11) is 0. The molecule has 0 saturated heterocycles. The molecule has 1 aromatic heterocycles. The monoisotopic (exact) mass is 366 g/mol. The van der Waals surface area contributed by atoms with E-state index in [1.807, 2.05) is 0 Å². The van der Waals surface area contributed by atoms with Crippen LogP contribution in [0.4, 0.5) is 0 Å². The Kier molecular flexibility index (Phi) is 9.52. The molecule has 148 valence electrons. The molecule has 2 nitrogen and oxygen atoms in total. The van der Waals surface area contributed by atoms with Crippen LogP contribution in [-0.4, -0.2) is 10.2 Å². The molecular formula is C25H38N2. The van der Waals surface area contributed by atoms with Crippen molar-refractivity contribution >= 4 is 0 Å². The van der Waals surface area contributed by atoms with E-state index in [1.54, 1.807) is 0 Å². The van der Waals surface area contributed by atoms with E-state index in [4.69, 9.17) is 0 Å². The molecule has 2 rings (SSSR count). The van der Waals surface area contributed by atoms with Gasteiger partial charge in [-0.25, -0.2) is 0 Å². The molecule has 0 aliphatic rings. The van der Waals surface area contributed by atoms with Gasteiger partial charge in [0.2, 0.25) is 0 Å². The fraction of sp³-hybridized carbons (Fsp3) is 0.600. The van der Waals surface area contributed by atoms with E-state index in [2.05, 4.69) is 74.3 Å². The Morgan fingerprint density at radius 1 is 0.704 bits per heavy atom. The molecule has 0 amide bonds. The predicted molar refractivity (Wildman–Crippen MR) is 117 cm³/mol. The Balaban J connectivity index is 1.80. The van der Waals surface area contributed by atoms with Crippen molar-refractivity contribution in [2.75, 3.05) is 0 Å². The van der Waals surface area contributed by atoms with Gasteiger partial charge in [-0.05, 0) is 55.2 Å². The van der Waals surface area contributed by atoms with Crippen LogP contribution in [0, 0.1) is 11.8 Å². The third kappa shape index (κ3) is 7.82. The Labute approximate surface area is 166 Å². The van der Waals surface area contributed by atoms with Crippen LogP contribution in [0.25, 0.3) is 11.3 Å². The highest BCUT2D eigenvalue weighted by molar-refractivity contribution is 5.58. The minimum atomic E-state index is 0.841. The van der Waals surface area contributed by atoms with E-state index >= 15 is 0 Å². The van der Waals surface area contributed by atoms with E-state index < -0.39 is 0 Å². The Bertz CT molecular complexity index is 630. The summed E-state index contributed by atoms with van der Waals surface area (Å²) in [5.41, 5.74) is 4.68. The largest absolute Gasteiger partial charge is 0.155 e. The zero-order valence-corrected chi connectivity index (χ0v) is 17.9. The van der Waals surface area contributed by atoms with Gasteiger partial charge in [0.1, 0.15) is 0 Å². The molecule has 0 aliphatic heterocycles. The van der Waals surface area contributed by atoms with Crippen molar-refractivity contribution in [3.05, 3.63) is 47.7 Å². The van der Waals surface area contributed by atoms with Crippen LogP contribution in [0.2, 0.25) is 0 Å². The first-order chi connectivity index (χ1) is 13.1. The molecule has 0 bridgehead atoms. The van der Waals surface area contributed by atoms with E-state index in [1.165, 1.54) is 56.9 Å². The van der Waals surface area contributed by atoms with Gasteiger partial charge in [0, 0.05) is 5.56 Å². The van der Waals surface area contributed by atoms with Crippen LogP contribution in [-0.2, 0) is 12.8 Å². The summed E-state index contributed by atoms with van der Waals surface area (Å²) in [6.45, 7) is 9.23. The first kappa shape index (κ1) is 21.6. The number of unbranched alkanes of at least 4 members (excludes halogenated alkanes) is 1. The van der Waals surface area contributed by atoms with E-state index in [-0.39, 0.29) is 0 Å². The highest BCUT2D eigenvalue weighted by atomic mass is 15.1.